The van der Waals surface area contributed by atoms with Gasteiger partial charge in [0.1, 0.15) is 17.3 Å². The van der Waals surface area contributed by atoms with Crippen LogP contribution >= 0.6 is 11.6 Å². The van der Waals surface area contributed by atoms with Crippen molar-refractivity contribution < 1.29 is 23.4 Å². The van der Waals surface area contributed by atoms with Crippen LogP contribution in [0, 0.1) is 11.6 Å². The van der Waals surface area contributed by atoms with Gasteiger partial charge in [-0.2, -0.15) is 0 Å². The molecule has 0 bridgehead atoms. The predicted molar refractivity (Wildman–Crippen MR) is 67.6 cm³/mol. The Labute approximate surface area is 117 Å². The maximum absolute atomic E-state index is 13.8. The zero-order valence-corrected chi connectivity index (χ0v) is 10.9. The Morgan fingerprint density at radius 3 is 2.60 bits per heavy atom. The highest BCUT2D eigenvalue weighted by Gasteiger charge is 2.20. The number of rotatable bonds is 2. The lowest BCUT2D eigenvalue weighted by Crippen LogP contribution is -2.07. The summed E-state index contributed by atoms with van der Waals surface area (Å²) in [5, 5.41) is 8.89. The van der Waals surface area contributed by atoms with Crippen LogP contribution in [0.3, 0.4) is 0 Å². The predicted octanol–water partition coefficient (Wildman–Crippen LogP) is 3.17. The van der Waals surface area contributed by atoms with E-state index in [4.69, 9.17) is 16.7 Å². The van der Waals surface area contributed by atoms with Crippen LogP contribution in [0.2, 0.25) is 5.02 Å². The van der Waals surface area contributed by atoms with Gasteiger partial charge in [0.25, 0.3) is 0 Å². The average Bonchev–Trinajstić information content (AvgIpc) is 2.39. The van der Waals surface area contributed by atoms with Crippen LogP contribution in [0.15, 0.2) is 24.3 Å². The number of phenols is 1. The molecule has 2 rings (SSSR count). The van der Waals surface area contributed by atoms with Crippen LogP contribution in [0.4, 0.5) is 8.78 Å². The Morgan fingerprint density at radius 2 is 2.00 bits per heavy atom. The molecule has 1 N–H and O–H groups in total. The van der Waals surface area contributed by atoms with E-state index in [1.165, 1.54) is 6.07 Å². The summed E-state index contributed by atoms with van der Waals surface area (Å²) in [6.07, 6.45) is 0. The molecule has 2 aromatic rings. The van der Waals surface area contributed by atoms with E-state index in [2.05, 4.69) is 9.72 Å². The molecule has 0 saturated carbocycles. The van der Waals surface area contributed by atoms with Crippen molar-refractivity contribution in [3.8, 4) is 17.0 Å². The van der Waals surface area contributed by atoms with Crippen LogP contribution in [0.25, 0.3) is 11.3 Å². The van der Waals surface area contributed by atoms with Crippen LogP contribution in [0.1, 0.15) is 10.5 Å². The van der Waals surface area contributed by atoms with Gasteiger partial charge in [-0.1, -0.05) is 11.6 Å². The molecule has 4 nitrogen and oxygen atoms in total. The van der Waals surface area contributed by atoms with Crippen molar-refractivity contribution in [3.63, 3.8) is 0 Å². The van der Waals surface area contributed by atoms with Crippen molar-refractivity contribution >= 4 is 17.6 Å². The smallest absolute Gasteiger partial charge is 0.358 e. The molecule has 1 aromatic heterocycles. The molecule has 20 heavy (non-hydrogen) atoms. The Bertz CT molecular complexity index is 692. The summed E-state index contributed by atoms with van der Waals surface area (Å²) in [6, 6.07) is 3.97. The molecule has 0 aliphatic carbocycles. The van der Waals surface area contributed by atoms with Crippen molar-refractivity contribution in [2.75, 3.05) is 7.11 Å². The quantitative estimate of drug-likeness (QED) is 0.865. The number of benzene rings is 1. The third kappa shape index (κ3) is 2.55. The zero-order valence-electron chi connectivity index (χ0n) is 10.2. The third-order valence-electron chi connectivity index (χ3n) is 2.52. The number of halogens is 3. The lowest BCUT2D eigenvalue weighted by molar-refractivity contribution is 0.0594. The number of hydrogen-bond donors (Lipinski definition) is 1. The normalized spacial score (nSPS) is 10.4. The molecule has 0 amide bonds. The fraction of sp³-hybridized carbons (Fsp3) is 0.0769. The monoisotopic (exact) mass is 299 g/mol. The van der Waals surface area contributed by atoms with Crippen LogP contribution in [-0.2, 0) is 4.74 Å². The van der Waals surface area contributed by atoms with E-state index in [0.717, 1.165) is 25.3 Å². The molecule has 0 atom stereocenters. The van der Waals surface area contributed by atoms with Gasteiger partial charge in [0.15, 0.2) is 11.5 Å². The Balaban J connectivity index is 2.65. The summed E-state index contributed by atoms with van der Waals surface area (Å²) in [4.78, 5) is 15.1. The van der Waals surface area contributed by atoms with E-state index in [-0.39, 0.29) is 22.0 Å². The molecule has 7 heteroatoms. The van der Waals surface area contributed by atoms with E-state index >= 15 is 0 Å². The van der Waals surface area contributed by atoms with Crippen molar-refractivity contribution in [2.24, 2.45) is 0 Å². The fourth-order valence-electron chi connectivity index (χ4n) is 1.59. The SMILES string of the molecule is COC(=O)c1nc(-c2ccc(O)cc2F)c(F)cc1Cl. The molecule has 1 aromatic carbocycles. The number of pyridine rings is 1. The minimum atomic E-state index is -0.896. The van der Waals surface area contributed by atoms with Gasteiger partial charge >= 0.3 is 5.97 Å². The van der Waals surface area contributed by atoms with E-state index in [1.54, 1.807) is 0 Å². The second-order valence-electron chi connectivity index (χ2n) is 3.80. The van der Waals surface area contributed by atoms with E-state index in [1.807, 2.05) is 0 Å². The lowest BCUT2D eigenvalue weighted by atomic mass is 10.1. The Kier molecular flexibility index (Phi) is 3.85. The highest BCUT2D eigenvalue weighted by Crippen LogP contribution is 2.29. The fourth-order valence-corrected chi connectivity index (χ4v) is 1.81. The second-order valence-corrected chi connectivity index (χ2v) is 4.21. The summed E-state index contributed by atoms with van der Waals surface area (Å²) in [5.41, 5.74) is -0.924. The minimum Gasteiger partial charge on any atom is -0.508 e. The number of nitrogens with zero attached hydrogens (tertiary/aromatic N) is 1. The number of aromatic nitrogens is 1. The second kappa shape index (κ2) is 5.42. The van der Waals surface area contributed by atoms with Crippen LogP contribution in [-0.4, -0.2) is 23.2 Å². The van der Waals surface area contributed by atoms with Crippen molar-refractivity contribution in [2.45, 2.75) is 0 Å². The summed E-state index contributed by atoms with van der Waals surface area (Å²) in [7, 11) is 1.12. The molecule has 0 aliphatic rings. The maximum atomic E-state index is 13.8. The molecule has 0 radical (unpaired) electrons. The number of hydrogen-bond acceptors (Lipinski definition) is 4. The summed E-state index contributed by atoms with van der Waals surface area (Å²) in [6.45, 7) is 0. The Morgan fingerprint density at radius 1 is 1.30 bits per heavy atom. The summed E-state index contributed by atoms with van der Waals surface area (Å²) >= 11 is 5.69. The summed E-state index contributed by atoms with van der Waals surface area (Å²) in [5.74, 6) is -2.95. The first kappa shape index (κ1) is 14.2. The third-order valence-corrected chi connectivity index (χ3v) is 2.80. The molecule has 1 heterocycles. The lowest BCUT2D eigenvalue weighted by Gasteiger charge is -2.08. The first-order valence-corrected chi connectivity index (χ1v) is 5.75. The first-order valence-electron chi connectivity index (χ1n) is 5.37. The number of aromatic hydroxyl groups is 1. The average molecular weight is 300 g/mol. The highest BCUT2D eigenvalue weighted by atomic mass is 35.5. The van der Waals surface area contributed by atoms with Gasteiger partial charge in [0.05, 0.1) is 12.1 Å². The van der Waals surface area contributed by atoms with Gasteiger partial charge in [0, 0.05) is 11.6 Å². The summed E-state index contributed by atoms with van der Waals surface area (Å²) < 4.78 is 32.0. The van der Waals surface area contributed by atoms with E-state index < -0.39 is 23.3 Å². The number of carbonyl (C=O) groups excluding carboxylic acids is 1. The number of methoxy groups -OCH3 is 1. The number of phenolic OH excluding ortho intramolecular Hbond substituents is 1. The van der Waals surface area contributed by atoms with Gasteiger partial charge < -0.3 is 9.84 Å². The van der Waals surface area contributed by atoms with Gasteiger partial charge in [-0.05, 0) is 18.2 Å². The molecule has 0 fully saturated rings. The zero-order chi connectivity index (χ0) is 14.9. The van der Waals surface area contributed by atoms with E-state index in [9.17, 15) is 13.6 Å². The number of ether oxygens (including phenoxy) is 1. The number of esters is 1. The first-order chi connectivity index (χ1) is 9.43. The van der Waals surface area contributed by atoms with Gasteiger partial charge in [0.2, 0.25) is 0 Å². The maximum Gasteiger partial charge on any atom is 0.358 e. The van der Waals surface area contributed by atoms with Gasteiger partial charge in [-0.3, -0.25) is 0 Å². The molecular weight excluding hydrogens is 292 g/mol. The molecule has 0 saturated heterocycles. The van der Waals surface area contributed by atoms with Crippen LogP contribution < -0.4 is 0 Å². The Hall–Kier alpha value is -2.21. The van der Waals surface area contributed by atoms with Gasteiger partial charge in [-0.25, -0.2) is 18.6 Å². The largest absolute Gasteiger partial charge is 0.508 e. The van der Waals surface area contributed by atoms with Crippen molar-refractivity contribution in [1.82, 2.24) is 4.98 Å². The van der Waals surface area contributed by atoms with Crippen molar-refractivity contribution in [3.05, 3.63) is 46.6 Å². The van der Waals surface area contributed by atoms with Crippen molar-refractivity contribution in [1.29, 1.82) is 0 Å². The molecule has 0 spiro atoms. The molecule has 0 unspecified atom stereocenters. The standard InChI is InChI=1S/C13H8ClF2NO3/c1-20-13(19)12-8(14)5-10(16)11(17-12)7-3-2-6(18)4-9(7)15/h2-5,18H,1H3. The van der Waals surface area contributed by atoms with E-state index in [0.29, 0.717) is 0 Å². The minimum absolute atomic E-state index is 0.206. The number of carbonyl (C=O) groups is 1. The van der Waals surface area contributed by atoms with Gasteiger partial charge in [-0.15, -0.1) is 0 Å². The molecule has 104 valence electrons. The topological polar surface area (TPSA) is 59.4 Å². The molecular formula is C13H8ClF2NO3. The molecule has 0 aliphatic heterocycles. The van der Waals surface area contributed by atoms with Crippen LogP contribution in [0.5, 0.6) is 5.75 Å². The highest BCUT2D eigenvalue weighted by molar-refractivity contribution is 6.33.